The molecule has 4 heteroatoms. The molecule has 0 heterocycles. The van der Waals surface area contributed by atoms with E-state index in [1.54, 1.807) is 43.5 Å². The van der Waals surface area contributed by atoms with Crippen molar-refractivity contribution in [3.8, 4) is 17.9 Å². The van der Waals surface area contributed by atoms with Gasteiger partial charge in [0.1, 0.15) is 11.9 Å². The van der Waals surface area contributed by atoms with E-state index in [-0.39, 0.29) is 0 Å². The summed E-state index contributed by atoms with van der Waals surface area (Å²) in [5.74, 6) is -0.380. The molecule has 1 rings (SSSR count). The van der Waals surface area contributed by atoms with Crippen LogP contribution >= 0.6 is 0 Å². The lowest BCUT2D eigenvalue weighted by molar-refractivity contribution is 0.156. The molecule has 0 bridgehead atoms. The van der Waals surface area contributed by atoms with Crippen molar-refractivity contribution < 1.29 is 9.84 Å². The second-order valence-electron chi connectivity index (χ2n) is 2.95. The highest BCUT2D eigenvalue weighted by atomic mass is 16.5. The Morgan fingerprint density at radius 2 is 1.73 bits per heavy atom. The number of hydrogen-bond donors (Lipinski definition) is 1. The van der Waals surface area contributed by atoms with Gasteiger partial charge in [0.25, 0.3) is 0 Å². The molecule has 0 spiro atoms. The van der Waals surface area contributed by atoms with Crippen LogP contribution in [0.25, 0.3) is 0 Å². The van der Waals surface area contributed by atoms with E-state index in [0.717, 1.165) is 0 Å². The number of aliphatic hydroxyl groups is 1. The molecule has 15 heavy (non-hydrogen) atoms. The van der Waals surface area contributed by atoms with Gasteiger partial charge in [-0.25, -0.2) is 0 Å². The average molecular weight is 202 g/mol. The Morgan fingerprint density at radius 1 is 1.20 bits per heavy atom. The van der Waals surface area contributed by atoms with E-state index in [1.165, 1.54) is 0 Å². The number of ether oxygens (including phenoxy) is 1. The Hall–Kier alpha value is -2.04. The lowest BCUT2D eigenvalue weighted by Gasteiger charge is -2.11. The number of methoxy groups -OCH3 is 1. The fraction of sp³-hybridized carbons (Fsp3) is 0.273. The van der Waals surface area contributed by atoms with Crippen molar-refractivity contribution in [3.63, 3.8) is 0 Å². The van der Waals surface area contributed by atoms with Gasteiger partial charge in [0.05, 0.1) is 19.2 Å². The lowest BCUT2D eigenvalue weighted by Crippen LogP contribution is -2.08. The summed E-state index contributed by atoms with van der Waals surface area (Å²) < 4.78 is 4.95. The van der Waals surface area contributed by atoms with Crippen LogP contribution in [0.15, 0.2) is 24.3 Å². The summed E-state index contributed by atoms with van der Waals surface area (Å²) >= 11 is 0. The van der Waals surface area contributed by atoms with Crippen molar-refractivity contribution in [1.29, 1.82) is 10.5 Å². The highest BCUT2D eigenvalue weighted by molar-refractivity contribution is 5.30. The summed E-state index contributed by atoms with van der Waals surface area (Å²) in [6, 6.07) is 10.1. The fourth-order valence-corrected chi connectivity index (χ4v) is 1.16. The molecule has 0 aliphatic carbocycles. The zero-order chi connectivity index (χ0) is 11.3. The maximum atomic E-state index is 9.66. The third-order valence-electron chi connectivity index (χ3n) is 2.05. The highest BCUT2D eigenvalue weighted by Gasteiger charge is 2.19. The van der Waals surface area contributed by atoms with Gasteiger partial charge in [-0.05, 0) is 17.7 Å². The van der Waals surface area contributed by atoms with Crippen LogP contribution in [0.4, 0.5) is 0 Å². The molecule has 0 aliphatic heterocycles. The zero-order valence-corrected chi connectivity index (χ0v) is 8.21. The van der Waals surface area contributed by atoms with E-state index in [1.807, 2.05) is 0 Å². The maximum absolute atomic E-state index is 9.66. The average Bonchev–Trinajstić information content (AvgIpc) is 2.30. The largest absolute Gasteiger partial charge is 0.497 e. The van der Waals surface area contributed by atoms with Crippen LogP contribution in [0, 0.1) is 28.6 Å². The highest BCUT2D eigenvalue weighted by Crippen LogP contribution is 2.23. The maximum Gasteiger partial charge on any atom is 0.163 e. The monoisotopic (exact) mass is 202 g/mol. The predicted molar refractivity (Wildman–Crippen MR) is 52.7 cm³/mol. The smallest absolute Gasteiger partial charge is 0.163 e. The van der Waals surface area contributed by atoms with Crippen LogP contribution in [-0.4, -0.2) is 12.2 Å². The van der Waals surface area contributed by atoms with Gasteiger partial charge in [-0.3, -0.25) is 0 Å². The Balaban J connectivity index is 2.88. The van der Waals surface area contributed by atoms with Crippen molar-refractivity contribution in [2.45, 2.75) is 6.10 Å². The zero-order valence-electron chi connectivity index (χ0n) is 8.21. The molecule has 1 atom stereocenters. The molecular formula is C11H10N2O2. The van der Waals surface area contributed by atoms with Crippen LogP contribution in [0.1, 0.15) is 11.7 Å². The molecule has 0 aliphatic rings. The Morgan fingerprint density at radius 3 is 2.13 bits per heavy atom. The second-order valence-corrected chi connectivity index (χ2v) is 2.95. The quantitative estimate of drug-likeness (QED) is 0.803. The second kappa shape index (κ2) is 4.99. The first-order chi connectivity index (χ1) is 7.22. The molecule has 0 radical (unpaired) electrons. The third kappa shape index (κ3) is 2.46. The number of benzene rings is 1. The SMILES string of the molecule is COc1ccc([C@@H](O)C(C#N)C#N)cc1. The van der Waals surface area contributed by atoms with Gasteiger partial charge in [-0.1, -0.05) is 12.1 Å². The minimum absolute atomic E-state index is 0.531. The third-order valence-corrected chi connectivity index (χ3v) is 2.05. The Kier molecular flexibility index (Phi) is 3.68. The van der Waals surface area contributed by atoms with E-state index in [4.69, 9.17) is 15.3 Å². The van der Waals surface area contributed by atoms with Gasteiger partial charge in [0.2, 0.25) is 0 Å². The fourth-order valence-electron chi connectivity index (χ4n) is 1.16. The topological polar surface area (TPSA) is 77.0 Å². The minimum Gasteiger partial charge on any atom is -0.497 e. The molecule has 4 nitrogen and oxygen atoms in total. The minimum atomic E-state index is -1.08. The van der Waals surface area contributed by atoms with Crippen LogP contribution in [0.3, 0.4) is 0 Å². The number of nitriles is 2. The van der Waals surface area contributed by atoms with Crippen molar-refractivity contribution >= 4 is 0 Å². The summed E-state index contributed by atoms with van der Waals surface area (Å²) in [6.07, 6.45) is -1.08. The van der Waals surface area contributed by atoms with Crippen molar-refractivity contribution in [1.82, 2.24) is 0 Å². The first-order valence-corrected chi connectivity index (χ1v) is 4.34. The summed E-state index contributed by atoms with van der Waals surface area (Å²) in [5, 5.41) is 26.9. The Bertz CT molecular complexity index is 386. The number of aliphatic hydroxyl groups excluding tert-OH is 1. The molecule has 76 valence electrons. The van der Waals surface area contributed by atoms with Gasteiger partial charge >= 0.3 is 0 Å². The lowest BCUT2D eigenvalue weighted by atomic mass is 9.98. The number of nitrogens with zero attached hydrogens (tertiary/aromatic N) is 2. The van der Waals surface area contributed by atoms with Gasteiger partial charge in [0, 0.05) is 0 Å². The molecular weight excluding hydrogens is 192 g/mol. The summed E-state index contributed by atoms with van der Waals surface area (Å²) in [5.41, 5.74) is 0.531. The van der Waals surface area contributed by atoms with E-state index in [0.29, 0.717) is 11.3 Å². The van der Waals surface area contributed by atoms with Gasteiger partial charge < -0.3 is 9.84 Å². The molecule has 1 aromatic carbocycles. The summed E-state index contributed by atoms with van der Waals surface area (Å²) in [4.78, 5) is 0. The molecule has 0 aromatic heterocycles. The number of hydrogen-bond acceptors (Lipinski definition) is 4. The van der Waals surface area contributed by atoms with Crippen molar-refractivity contribution in [3.05, 3.63) is 29.8 Å². The Labute approximate surface area is 87.9 Å². The van der Waals surface area contributed by atoms with E-state index in [9.17, 15) is 5.11 Å². The first-order valence-electron chi connectivity index (χ1n) is 4.34. The van der Waals surface area contributed by atoms with E-state index >= 15 is 0 Å². The molecule has 1 N–H and O–H groups in total. The van der Waals surface area contributed by atoms with Crippen molar-refractivity contribution in [2.24, 2.45) is 5.92 Å². The summed E-state index contributed by atoms with van der Waals surface area (Å²) in [6.45, 7) is 0. The molecule has 0 unspecified atom stereocenters. The van der Waals surface area contributed by atoms with Gasteiger partial charge in [-0.2, -0.15) is 10.5 Å². The van der Waals surface area contributed by atoms with Crippen LogP contribution in [-0.2, 0) is 0 Å². The standard InChI is InChI=1S/C11H10N2O2/c1-15-10-4-2-8(3-5-10)11(14)9(6-12)7-13/h2-5,9,11,14H,1H3/t11-/m1/s1. The van der Waals surface area contributed by atoms with Gasteiger partial charge in [0.15, 0.2) is 5.92 Å². The number of rotatable bonds is 3. The van der Waals surface area contributed by atoms with Crippen LogP contribution < -0.4 is 4.74 Å². The van der Waals surface area contributed by atoms with Crippen LogP contribution in [0.5, 0.6) is 5.75 Å². The predicted octanol–water partition coefficient (Wildman–Crippen LogP) is 1.39. The van der Waals surface area contributed by atoms with E-state index in [2.05, 4.69) is 0 Å². The molecule has 0 amide bonds. The summed E-state index contributed by atoms with van der Waals surface area (Å²) in [7, 11) is 1.54. The van der Waals surface area contributed by atoms with Crippen molar-refractivity contribution in [2.75, 3.05) is 7.11 Å². The first kappa shape index (κ1) is 11.0. The molecule has 1 aromatic rings. The molecule has 0 saturated carbocycles. The van der Waals surface area contributed by atoms with Gasteiger partial charge in [-0.15, -0.1) is 0 Å². The normalized spacial score (nSPS) is 11.5. The van der Waals surface area contributed by atoms with Crippen LogP contribution in [0.2, 0.25) is 0 Å². The molecule has 0 fully saturated rings. The molecule has 0 saturated heterocycles. The van der Waals surface area contributed by atoms with E-state index < -0.39 is 12.0 Å².